The molecule has 0 aliphatic rings. The molecule has 0 aliphatic carbocycles. The smallest absolute Gasteiger partial charge is 0.0468 e. The normalized spacial score (nSPS) is 13.9. The van der Waals surface area contributed by atoms with Gasteiger partial charge in [-0.05, 0) is 31.6 Å². The molecule has 1 heteroatoms. The molecule has 0 aromatic rings. The molecule has 68 valence electrons. The molecule has 0 amide bonds. The van der Waals surface area contributed by atoms with Crippen LogP contribution in [0.3, 0.4) is 0 Å². The summed E-state index contributed by atoms with van der Waals surface area (Å²) in [6.45, 7) is 10.7. The Labute approximate surface area is 71.1 Å². The molecule has 0 bridgehead atoms. The van der Waals surface area contributed by atoms with E-state index in [4.69, 9.17) is 4.74 Å². The van der Waals surface area contributed by atoms with Crippen LogP contribution < -0.4 is 0 Å². The molecule has 0 heterocycles. The van der Waals surface area contributed by atoms with Crippen molar-refractivity contribution in [2.45, 2.75) is 40.5 Å². The van der Waals surface area contributed by atoms with Crippen LogP contribution in [0.15, 0.2) is 0 Å². The average molecular weight is 158 g/mol. The number of hydrogen-bond acceptors (Lipinski definition) is 1. The van der Waals surface area contributed by atoms with Crippen LogP contribution in [-0.2, 0) is 4.74 Å². The Bertz CT molecular complexity index is 78.9. The predicted molar refractivity (Wildman–Crippen MR) is 49.7 cm³/mol. The van der Waals surface area contributed by atoms with Crippen molar-refractivity contribution in [1.82, 2.24) is 0 Å². The lowest BCUT2D eigenvalue weighted by Gasteiger charge is -2.12. The summed E-state index contributed by atoms with van der Waals surface area (Å²) in [7, 11) is 0. The molecule has 11 heavy (non-hydrogen) atoms. The molecule has 1 nitrogen and oxygen atoms in total. The topological polar surface area (TPSA) is 9.23 Å². The van der Waals surface area contributed by atoms with Crippen LogP contribution in [-0.4, -0.2) is 13.2 Å². The van der Waals surface area contributed by atoms with Crippen molar-refractivity contribution in [1.29, 1.82) is 0 Å². The van der Waals surface area contributed by atoms with Crippen LogP contribution in [0, 0.1) is 11.8 Å². The highest BCUT2D eigenvalue weighted by Gasteiger charge is 2.03. The Morgan fingerprint density at radius 3 is 2.27 bits per heavy atom. The maximum atomic E-state index is 5.29. The minimum Gasteiger partial charge on any atom is -0.382 e. The Morgan fingerprint density at radius 2 is 1.82 bits per heavy atom. The van der Waals surface area contributed by atoms with Gasteiger partial charge in [0, 0.05) is 13.2 Å². The molecule has 0 rings (SSSR count). The van der Waals surface area contributed by atoms with Gasteiger partial charge in [-0.15, -0.1) is 0 Å². The van der Waals surface area contributed by atoms with Gasteiger partial charge < -0.3 is 4.74 Å². The molecule has 0 fully saturated rings. The van der Waals surface area contributed by atoms with Crippen LogP contribution in [0.1, 0.15) is 40.5 Å². The molecule has 0 aromatic heterocycles. The van der Waals surface area contributed by atoms with Gasteiger partial charge >= 0.3 is 0 Å². The van der Waals surface area contributed by atoms with E-state index in [9.17, 15) is 0 Å². The molecule has 1 unspecified atom stereocenters. The summed E-state index contributed by atoms with van der Waals surface area (Å²) in [5.41, 5.74) is 0. The Balaban J connectivity index is 3.15. The Kier molecular flexibility index (Phi) is 6.63. The molecular formula is C10H22O. The van der Waals surface area contributed by atoms with Gasteiger partial charge in [-0.1, -0.05) is 20.8 Å². The van der Waals surface area contributed by atoms with E-state index < -0.39 is 0 Å². The minimum atomic E-state index is 0.821. The van der Waals surface area contributed by atoms with Gasteiger partial charge in [-0.25, -0.2) is 0 Å². The lowest BCUT2D eigenvalue weighted by atomic mass is 9.96. The maximum Gasteiger partial charge on any atom is 0.0468 e. The van der Waals surface area contributed by atoms with Gasteiger partial charge in [0.15, 0.2) is 0 Å². The highest BCUT2D eigenvalue weighted by Crippen LogP contribution is 2.13. The largest absolute Gasteiger partial charge is 0.382 e. The van der Waals surface area contributed by atoms with E-state index in [0.29, 0.717) is 0 Å². The van der Waals surface area contributed by atoms with E-state index in [-0.39, 0.29) is 0 Å². The SMILES string of the molecule is CCOCCC(C)CC(C)C. The Morgan fingerprint density at radius 1 is 1.18 bits per heavy atom. The van der Waals surface area contributed by atoms with Gasteiger partial charge in [0.1, 0.15) is 0 Å². The van der Waals surface area contributed by atoms with E-state index in [1.165, 1.54) is 12.8 Å². The quantitative estimate of drug-likeness (QED) is 0.540. The highest BCUT2D eigenvalue weighted by molar-refractivity contribution is 4.55. The number of ether oxygens (including phenoxy) is 1. The van der Waals surface area contributed by atoms with E-state index in [1.54, 1.807) is 0 Å². The fraction of sp³-hybridized carbons (Fsp3) is 1.00. The third-order valence-electron chi connectivity index (χ3n) is 1.83. The van der Waals surface area contributed by atoms with Crippen molar-refractivity contribution in [3.63, 3.8) is 0 Å². The molecule has 1 atom stereocenters. The minimum absolute atomic E-state index is 0.821. The number of rotatable bonds is 6. The van der Waals surface area contributed by atoms with Gasteiger partial charge in [0.2, 0.25) is 0 Å². The van der Waals surface area contributed by atoms with E-state index in [2.05, 4.69) is 20.8 Å². The first-order chi connectivity index (χ1) is 5.16. The standard InChI is InChI=1S/C10H22O/c1-5-11-7-6-10(4)8-9(2)3/h9-10H,5-8H2,1-4H3. The lowest BCUT2D eigenvalue weighted by Crippen LogP contribution is -2.04. The monoisotopic (exact) mass is 158 g/mol. The van der Waals surface area contributed by atoms with Crippen LogP contribution in [0.2, 0.25) is 0 Å². The first-order valence-electron chi connectivity index (χ1n) is 4.74. The van der Waals surface area contributed by atoms with Gasteiger partial charge in [-0.3, -0.25) is 0 Å². The lowest BCUT2D eigenvalue weighted by molar-refractivity contribution is 0.131. The van der Waals surface area contributed by atoms with Crippen molar-refractivity contribution >= 4 is 0 Å². The highest BCUT2D eigenvalue weighted by atomic mass is 16.5. The van der Waals surface area contributed by atoms with E-state index >= 15 is 0 Å². The van der Waals surface area contributed by atoms with Gasteiger partial charge in [-0.2, -0.15) is 0 Å². The molecule has 0 radical (unpaired) electrons. The summed E-state index contributed by atoms with van der Waals surface area (Å²) >= 11 is 0. The van der Waals surface area contributed by atoms with E-state index in [0.717, 1.165) is 25.0 Å². The van der Waals surface area contributed by atoms with Crippen LogP contribution in [0.25, 0.3) is 0 Å². The third kappa shape index (κ3) is 7.86. The zero-order valence-electron chi connectivity index (χ0n) is 8.39. The van der Waals surface area contributed by atoms with Crippen LogP contribution in [0.5, 0.6) is 0 Å². The molecular weight excluding hydrogens is 136 g/mol. The zero-order chi connectivity index (χ0) is 8.69. The third-order valence-corrected chi connectivity index (χ3v) is 1.83. The van der Waals surface area contributed by atoms with Gasteiger partial charge in [0.05, 0.1) is 0 Å². The van der Waals surface area contributed by atoms with Crippen molar-refractivity contribution in [2.75, 3.05) is 13.2 Å². The predicted octanol–water partition coefficient (Wildman–Crippen LogP) is 3.10. The first kappa shape index (κ1) is 11.0. The van der Waals surface area contributed by atoms with Crippen molar-refractivity contribution in [3.05, 3.63) is 0 Å². The maximum absolute atomic E-state index is 5.29. The van der Waals surface area contributed by atoms with Crippen molar-refractivity contribution in [3.8, 4) is 0 Å². The summed E-state index contributed by atoms with van der Waals surface area (Å²) in [5.74, 6) is 1.65. The summed E-state index contributed by atoms with van der Waals surface area (Å²) < 4.78 is 5.29. The van der Waals surface area contributed by atoms with Crippen LogP contribution in [0.4, 0.5) is 0 Å². The molecule has 0 spiro atoms. The summed E-state index contributed by atoms with van der Waals surface area (Å²) in [6.07, 6.45) is 2.54. The van der Waals surface area contributed by atoms with Crippen molar-refractivity contribution < 1.29 is 4.74 Å². The second kappa shape index (κ2) is 6.66. The summed E-state index contributed by atoms with van der Waals surface area (Å²) in [4.78, 5) is 0. The second-order valence-electron chi connectivity index (χ2n) is 3.72. The molecule has 0 aromatic carbocycles. The average Bonchev–Trinajstić information content (AvgIpc) is 1.86. The van der Waals surface area contributed by atoms with Gasteiger partial charge in [0.25, 0.3) is 0 Å². The molecule has 0 N–H and O–H groups in total. The second-order valence-corrected chi connectivity index (χ2v) is 3.72. The zero-order valence-corrected chi connectivity index (χ0v) is 8.39. The molecule has 0 saturated heterocycles. The molecule has 0 saturated carbocycles. The fourth-order valence-electron chi connectivity index (χ4n) is 1.35. The molecule has 0 aliphatic heterocycles. The van der Waals surface area contributed by atoms with Crippen molar-refractivity contribution in [2.24, 2.45) is 11.8 Å². The Hall–Kier alpha value is -0.0400. The summed E-state index contributed by atoms with van der Waals surface area (Å²) in [5, 5.41) is 0. The first-order valence-corrected chi connectivity index (χ1v) is 4.74. The van der Waals surface area contributed by atoms with Crippen LogP contribution >= 0.6 is 0 Å². The summed E-state index contributed by atoms with van der Waals surface area (Å²) in [6, 6.07) is 0. The fourth-order valence-corrected chi connectivity index (χ4v) is 1.35. The number of hydrogen-bond donors (Lipinski definition) is 0. The van der Waals surface area contributed by atoms with E-state index in [1.807, 2.05) is 6.92 Å².